The van der Waals surface area contributed by atoms with E-state index in [4.69, 9.17) is 15.6 Å². The van der Waals surface area contributed by atoms with Crippen molar-refractivity contribution in [3.8, 4) is 5.75 Å². The summed E-state index contributed by atoms with van der Waals surface area (Å²) in [7, 11) is -3.62. The van der Waals surface area contributed by atoms with Gasteiger partial charge in [0.2, 0.25) is 10.0 Å². The SMILES string of the molecule is Nc1nc(F)nc2c1nc(Cc1cc3c(cc1I)CCO3)n2CCCS(N)(=O)=O. The molecule has 0 unspecified atom stereocenters. The lowest BCUT2D eigenvalue weighted by Gasteiger charge is -2.11. The van der Waals surface area contributed by atoms with E-state index in [-0.39, 0.29) is 35.7 Å². The first-order valence-electron chi connectivity index (χ1n) is 8.84. The number of nitrogen functional groups attached to an aromatic ring is 1. The molecule has 0 aliphatic carbocycles. The molecule has 0 saturated carbocycles. The number of halogens is 2. The molecule has 9 nitrogen and oxygen atoms in total. The van der Waals surface area contributed by atoms with Crippen LogP contribution in [0.3, 0.4) is 0 Å². The van der Waals surface area contributed by atoms with Crippen LogP contribution in [0.25, 0.3) is 11.2 Å². The van der Waals surface area contributed by atoms with Gasteiger partial charge in [0.25, 0.3) is 0 Å². The number of rotatable bonds is 6. The molecule has 4 rings (SSSR count). The molecule has 0 saturated heterocycles. The number of ether oxygens (including phenoxy) is 1. The van der Waals surface area contributed by atoms with E-state index in [1.165, 1.54) is 0 Å². The average molecular weight is 532 g/mol. The predicted octanol–water partition coefficient (Wildman–Crippen LogP) is 1.36. The highest BCUT2D eigenvalue weighted by molar-refractivity contribution is 14.1. The monoisotopic (exact) mass is 532 g/mol. The van der Waals surface area contributed by atoms with Crippen molar-refractivity contribution >= 4 is 49.6 Å². The van der Waals surface area contributed by atoms with Crippen LogP contribution in [-0.2, 0) is 29.4 Å². The molecule has 3 heterocycles. The van der Waals surface area contributed by atoms with E-state index < -0.39 is 16.1 Å². The molecule has 1 aliphatic rings. The summed E-state index contributed by atoms with van der Waals surface area (Å²) < 4.78 is 44.7. The summed E-state index contributed by atoms with van der Waals surface area (Å²) in [6, 6.07) is 4.06. The van der Waals surface area contributed by atoms with Crippen molar-refractivity contribution in [1.29, 1.82) is 0 Å². The maximum absolute atomic E-state index is 13.8. The molecule has 154 valence electrons. The fourth-order valence-electron chi connectivity index (χ4n) is 3.38. The van der Waals surface area contributed by atoms with Crippen molar-refractivity contribution < 1.29 is 17.5 Å². The van der Waals surface area contributed by atoms with Gasteiger partial charge in [-0.1, -0.05) is 0 Å². The van der Waals surface area contributed by atoms with Crippen LogP contribution in [0.2, 0.25) is 0 Å². The van der Waals surface area contributed by atoms with Crippen molar-refractivity contribution in [1.82, 2.24) is 19.5 Å². The highest BCUT2D eigenvalue weighted by Crippen LogP contribution is 2.31. The van der Waals surface area contributed by atoms with Gasteiger partial charge in [-0.2, -0.15) is 14.4 Å². The fourth-order valence-corrected chi connectivity index (χ4v) is 4.63. The minimum Gasteiger partial charge on any atom is -0.493 e. The third-order valence-corrected chi connectivity index (χ3v) is 6.55. The molecule has 0 atom stereocenters. The van der Waals surface area contributed by atoms with Crippen molar-refractivity contribution in [3.05, 3.63) is 38.7 Å². The largest absolute Gasteiger partial charge is 0.493 e. The Morgan fingerprint density at radius 1 is 1.28 bits per heavy atom. The summed E-state index contributed by atoms with van der Waals surface area (Å²) >= 11 is 2.26. The van der Waals surface area contributed by atoms with Crippen LogP contribution >= 0.6 is 22.6 Å². The van der Waals surface area contributed by atoms with Crippen molar-refractivity contribution in [2.75, 3.05) is 18.1 Å². The third kappa shape index (κ3) is 4.28. The minimum atomic E-state index is -3.62. The summed E-state index contributed by atoms with van der Waals surface area (Å²) in [5.41, 5.74) is 8.49. The molecule has 3 aromatic rings. The molecule has 0 fully saturated rings. The second-order valence-corrected chi connectivity index (χ2v) is 9.67. The molecule has 1 aromatic carbocycles. The summed E-state index contributed by atoms with van der Waals surface area (Å²) in [4.78, 5) is 11.9. The minimum absolute atomic E-state index is 0.0640. The first kappa shape index (κ1) is 20.2. The number of sulfonamides is 1. The number of hydrogen-bond acceptors (Lipinski definition) is 7. The van der Waals surface area contributed by atoms with Gasteiger partial charge < -0.3 is 15.0 Å². The number of nitrogens with two attached hydrogens (primary N) is 2. The topological polar surface area (TPSA) is 139 Å². The average Bonchev–Trinajstić information content (AvgIpc) is 3.19. The molecule has 29 heavy (non-hydrogen) atoms. The maximum atomic E-state index is 13.8. The number of hydrogen-bond donors (Lipinski definition) is 2. The van der Waals surface area contributed by atoms with Crippen molar-refractivity contribution in [2.24, 2.45) is 5.14 Å². The zero-order valence-electron chi connectivity index (χ0n) is 15.2. The van der Waals surface area contributed by atoms with E-state index in [1.807, 2.05) is 6.07 Å². The lowest BCUT2D eigenvalue weighted by atomic mass is 10.1. The Morgan fingerprint density at radius 2 is 2.07 bits per heavy atom. The molecule has 0 spiro atoms. The van der Waals surface area contributed by atoms with Crippen molar-refractivity contribution in [2.45, 2.75) is 25.8 Å². The quantitative estimate of drug-likeness (QED) is 0.361. The number of nitrogens with zero attached hydrogens (tertiary/aromatic N) is 4. The number of fused-ring (bicyclic) bond motifs is 2. The Kier molecular flexibility index (Phi) is 5.33. The van der Waals surface area contributed by atoms with E-state index in [0.29, 0.717) is 18.9 Å². The number of aromatic nitrogens is 4. The highest BCUT2D eigenvalue weighted by atomic mass is 127. The van der Waals surface area contributed by atoms with Crippen LogP contribution in [0.1, 0.15) is 23.4 Å². The first-order chi connectivity index (χ1) is 13.7. The van der Waals surface area contributed by atoms with Gasteiger partial charge in [0.1, 0.15) is 11.6 Å². The van der Waals surface area contributed by atoms with Crippen LogP contribution in [0.4, 0.5) is 10.2 Å². The van der Waals surface area contributed by atoms with E-state index in [9.17, 15) is 12.8 Å². The zero-order valence-corrected chi connectivity index (χ0v) is 18.2. The van der Waals surface area contributed by atoms with Gasteiger partial charge in [-0.05, 0) is 52.3 Å². The molecule has 0 bridgehead atoms. The van der Waals surface area contributed by atoms with Gasteiger partial charge in [-0.3, -0.25) is 0 Å². The van der Waals surface area contributed by atoms with E-state index in [1.54, 1.807) is 4.57 Å². The standard InChI is InChI=1S/C17H18FIN6O3S/c18-17-23-15(20)14-16(24-17)25(3-1-5-29(21,26)27)13(22-14)8-10-7-12-9(2-4-28-12)6-11(10)19/h6-7H,1-5,8H2,(H2,20,23,24)(H2,21,26,27). The Hall–Kier alpha value is -2.06. The molecule has 2 aromatic heterocycles. The number of benzene rings is 1. The third-order valence-electron chi connectivity index (χ3n) is 4.69. The van der Waals surface area contributed by atoms with Gasteiger partial charge in [0, 0.05) is 23.0 Å². The Bertz CT molecular complexity index is 1210. The van der Waals surface area contributed by atoms with Crippen molar-refractivity contribution in [3.63, 3.8) is 0 Å². The lowest BCUT2D eigenvalue weighted by Crippen LogP contribution is -2.18. The van der Waals surface area contributed by atoms with Crippen LogP contribution in [-0.4, -0.2) is 40.3 Å². The van der Waals surface area contributed by atoms with Gasteiger partial charge in [0.05, 0.1) is 12.4 Å². The van der Waals surface area contributed by atoms with Crippen LogP contribution < -0.4 is 15.6 Å². The first-order valence-corrected chi connectivity index (χ1v) is 11.6. The Balaban J connectivity index is 1.75. The number of primary sulfonamides is 1. The second-order valence-electron chi connectivity index (χ2n) is 6.78. The zero-order chi connectivity index (χ0) is 20.8. The molecule has 4 N–H and O–H groups in total. The Morgan fingerprint density at radius 3 is 2.83 bits per heavy atom. The van der Waals surface area contributed by atoms with Crippen LogP contribution in [0.5, 0.6) is 5.75 Å². The smallest absolute Gasteiger partial charge is 0.312 e. The molecule has 1 aliphatic heterocycles. The van der Waals surface area contributed by atoms with Gasteiger partial charge in [-0.25, -0.2) is 18.5 Å². The molecule has 12 heteroatoms. The van der Waals surface area contributed by atoms with Crippen LogP contribution in [0.15, 0.2) is 12.1 Å². The molecule has 0 amide bonds. The Labute approximate surface area is 179 Å². The highest BCUT2D eigenvalue weighted by Gasteiger charge is 2.20. The molecular formula is C17H18FIN6O3S. The summed E-state index contributed by atoms with van der Waals surface area (Å²) in [5.74, 6) is 1.16. The number of aryl methyl sites for hydroxylation is 1. The second kappa shape index (κ2) is 7.65. The summed E-state index contributed by atoms with van der Waals surface area (Å²) in [6.07, 6.45) is 0.563. The van der Waals surface area contributed by atoms with Gasteiger partial charge in [0.15, 0.2) is 17.0 Å². The summed E-state index contributed by atoms with van der Waals surface area (Å²) in [5, 5.41) is 5.10. The van der Waals surface area contributed by atoms with E-state index >= 15 is 0 Å². The van der Waals surface area contributed by atoms with Crippen LogP contribution in [0, 0.1) is 9.65 Å². The van der Waals surface area contributed by atoms with E-state index in [2.05, 4.69) is 43.6 Å². The predicted molar refractivity (Wildman–Crippen MR) is 113 cm³/mol. The fraction of sp³-hybridized carbons (Fsp3) is 0.353. The molecule has 0 radical (unpaired) electrons. The molecular weight excluding hydrogens is 514 g/mol. The number of imidazole rings is 1. The maximum Gasteiger partial charge on any atom is 0.312 e. The lowest BCUT2D eigenvalue weighted by molar-refractivity contribution is 0.356. The van der Waals surface area contributed by atoms with Gasteiger partial charge >= 0.3 is 6.08 Å². The normalized spacial score (nSPS) is 13.6. The van der Waals surface area contributed by atoms with E-state index in [0.717, 1.165) is 26.9 Å². The van der Waals surface area contributed by atoms with Gasteiger partial charge in [-0.15, -0.1) is 0 Å². The number of anilines is 1. The summed E-state index contributed by atoms with van der Waals surface area (Å²) in [6.45, 7) is 0.905.